The second-order valence-corrected chi connectivity index (χ2v) is 4.80. The Morgan fingerprint density at radius 2 is 2.25 bits per heavy atom. The Balaban J connectivity index is 2.45. The molecule has 0 N–H and O–H groups in total. The van der Waals surface area contributed by atoms with Gasteiger partial charge < -0.3 is 4.74 Å². The van der Waals surface area contributed by atoms with Crippen LogP contribution in [-0.4, -0.2) is 24.3 Å². The minimum absolute atomic E-state index is 0.227. The quantitative estimate of drug-likeness (QED) is 0.742. The lowest BCUT2D eigenvalue weighted by Gasteiger charge is -2.07. The molecule has 0 amide bonds. The number of halogens is 1. The van der Waals surface area contributed by atoms with Crippen molar-refractivity contribution in [1.29, 1.82) is 0 Å². The number of benzene rings is 1. The van der Waals surface area contributed by atoms with Gasteiger partial charge in [-0.1, -0.05) is 11.6 Å². The van der Waals surface area contributed by atoms with E-state index < -0.39 is 0 Å². The van der Waals surface area contributed by atoms with Crippen molar-refractivity contribution in [1.82, 2.24) is 0 Å². The Morgan fingerprint density at radius 1 is 1.50 bits per heavy atom. The monoisotopic (exact) mass is 237 g/mol. The molecule has 1 aromatic rings. The maximum Gasteiger partial charge on any atom is 0.217 e. The van der Waals surface area contributed by atoms with Crippen molar-refractivity contribution in [2.75, 3.05) is 6.61 Å². The van der Waals surface area contributed by atoms with Crippen LogP contribution >= 0.6 is 11.6 Å². The first kappa shape index (κ1) is 11.1. The van der Waals surface area contributed by atoms with Crippen LogP contribution in [0.2, 0.25) is 5.02 Å². The van der Waals surface area contributed by atoms with Gasteiger partial charge in [0, 0.05) is 16.1 Å². The van der Waals surface area contributed by atoms with Crippen LogP contribution in [0.5, 0.6) is 0 Å². The Bertz CT molecular complexity index is 466. The number of rotatable bonds is 2. The largest absolute Gasteiger partial charge is 0.475 e. The van der Waals surface area contributed by atoms with Gasteiger partial charge in [0.1, 0.15) is 6.61 Å². The van der Waals surface area contributed by atoms with E-state index in [-0.39, 0.29) is 5.54 Å². The second-order valence-electron chi connectivity index (χ2n) is 4.37. The molecule has 0 bridgehead atoms. The fourth-order valence-corrected chi connectivity index (χ4v) is 1.73. The second kappa shape index (κ2) is 3.91. The summed E-state index contributed by atoms with van der Waals surface area (Å²) in [5, 5.41) is 0.531. The number of carbonyl (C=O) groups excluding carboxylic acids is 1. The zero-order valence-electron chi connectivity index (χ0n) is 9.16. The van der Waals surface area contributed by atoms with Gasteiger partial charge in [-0.25, -0.2) is 4.99 Å². The number of ether oxygens (including phenoxy) is 1. The topological polar surface area (TPSA) is 38.7 Å². The molecule has 0 aliphatic carbocycles. The van der Waals surface area contributed by atoms with Crippen molar-refractivity contribution < 1.29 is 9.53 Å². The predicted molar refractivity (Wildman–Crippen MR) is 63.4 cm³/mol. The highest BCUT2D eigenvalue weighted by Crippen LogP contribution is 2.23. The first-order valence-electron chi connectivity index (χ1n) is 4.99. The van der Waals surface area contributed by atoms with Gasteiger partial charge in [-0.3, -0.25) is 4.79 Å². The van der Waals surface area contributed by atoms with Crippen LogP contribution < -0.4 is 0 Å². The summed E-state index contributed by atoms with van der Waals surface area (Å²) in [4.78, 5) is 15.3. The summed E-state index contributed by atoms with van der Waals surface area (Å²) in [5.74, 6) is 0.517. The molecule has 0 spiro atoms. The molecule has 0 unspecified atom stereocenters. The van der Waals surface area contributed by atoms with Gasteiger partial charge in [-0.15, -0.1) is 0 Å². The third kappa shape index (κ3) is 2.09. The van der Waals surface area contributed by atoms with E-state index in [1.54, 1.807) is 18.2 Å². The van der Waals surface area contributed by atoms with Crippen molar-refractivity contribution >= 4 is 23.8 Å². The highest BCUT2D eigenvalue weighted by molar-refractivity contribution is 6.31. The molecule has 0 radical (unpaired) electrons. The number of carbonyl (C=O) groups is 1. The molecule has 1 aromatic carbocycles. The molecule has 1 aliphatic heterocycles. The predicted octanol–water partition coefficient (Wildman–Crippen LogP) is 2.71. The average Bonchev–Trinajstić information content (AvgIpc) is 2.58. The van der Waals surface area contributed by atoms with E-state index >= 15 is 0 Å². The van der Waals surface area contributed by atoms with Crippen LogP contribution in [0.15, 0.2) is 23.2 Å². The fourth-order valence-electron chi connectivity index (χ4n) is 1.55. The van der Waals surface area contributed by atoms with Gasteiger partial charge in [0.2, 0.25) is 5.90 Å². The van der Waals surface area contributed by atoms with Crippen LogP contribution in [0.3, 0.4) is 0 Å². The first-order chi connectivity index (χ1) is 7.52. The molecular weight excluding hydrogens is 226 g/mol. The molecule has 0 saturated heterocycles. The standard InChI is InChI=1S/C12H12ClNO2/c1-12(2)7-16-11(14-12)10-4-3-9(13)5-8(10)6-15/h3-6H,7H2,1-2H3. The highest BCUT2D eigenvalue weighted by atomic mass is 35.5. The van der Waals surface area contributed by atoms with Crippen molar-refractivity contribution in [2.45, 2.75) is 19.4 Å². The number of aliphatic imine (C=N–C) groups is 1. The summed E-state index contributed by atoms with van der Waals surface area (Å²) in [6.07, 6.45) is 0.762. The van der Waals surface area contributed by atoms with Crippen LogP contribution in [0.4, 0.5) is 0 Å². The lowest BCUT2D eigenvalue weighted by atomic mass is 10.1. The molecule has 0 atom stereocenters. The summed E-state index contributed by atoms with van der Waals surface area (Å²) in [6, 6.07) is 5.09. The lowest BCUT2D eigenvalue weighted by molar-refractivity contribution is 0.112. The summed E-state index contributed by atoms with van der Waals surface area (Å²) >= 11 is 5.82. The number of hydrogen-bond acceptors (Lipinski definition) is 3. The van der Waals surface area contributed by atoms with Crippen LogP contribution in [0.1, 0.15) is 29.8 Å². The molecule has 16 heavy (non-hydrogen) atoms. The maximum atomic E-state index is 10.9. The van der Waals surface area contributed by atoms with Crippen LogP contribution in [0.25, 0.3) is 0 Å². The molecule has 3 nitrogen and oxygen atoms in total. The molecule has 0 fully saturated rings. The summed E-state index contributed by atoms with van der Waals surface area (Å²) < 4.78 is 5.48. The third-order valence-corrected chi connectivity index (χ3v) is 2.57. The SMILES string of the molecule is CC1(C)COC(c2ccc(Cl)cc2C=O)=N1. The van der Waals surface area contributed by atoms with Gasteiger partial charge in [0.25, 0.3) is 0 Å². The molecule has 84 valence electrons. The van der Waals surface area contributed by atoms with Crippen molar-refractivity contribution in [3.05, 3.63) is 34.3 Å². The summed E-state index contributed by atoms with van der Waals surface area (Å²) in [5.41, 5.74) is 0.976. The van der Waals surface area contributed by atoms with Crippen molar-refractivity contribution in [3.8, 4) is 0 Å². The van der Waals surface area contributed by atoms with E-state index in [4.69, 9.17) is 16.3 Å². The first-order valence-corrected chi connectivity index (χ1v) is 5.37. The molecule has 0 aromatic heterocycles. The van der Waals surface area contributed by atoms with Gasteiger partial charge in [0.05, 0.1) is 5.54 Å². The Kier molecular flexibility index (Phi) is 2.72. The Hall–Kier alpha value is -1.35. The van der Waals surface area contributed by atoms with Gasteiger partial charge >= 0.3 is 0 Å². The molecular formula is C12H12ClNO2. The Labute approximate surface area is 99.1 Å². The van der Waals surface area contributed by atoms with E-state index in [1.165, 1.54) is 0 Å². The minimum Gasteiger partial charge on any atom is -0.475 e. The number of nitrogens with zero attached hydrogens (tertiary/aromatic N) is 1. The smallest absolute Gasteiger partial charge is 0.217 e. The van der Waals surface area contributed by atoms with E-state index in [0.29, 0.717) is 28.7 Å². The number of hydrogen-bond donors (Lipinski definition) is 0. The van der Waals surface area contributed by atoms with Gasteiger partial charge in [0.15, 0.2) is 6.29 Å². The number of aldehydes is 1. The summed E-state index contributed by atoms with van der Waals surface area (Å²) in [7, 11) is 0. The van der Waals surface area contributed by atoms with Crippen LogP contribution in [-0.2, 0) is 4.74 Å². The zero-order chi connectivity index (χ0) is 11.8. The van der Waals surface area contributed by atoms with Crippen LogP contribution in [0, 0.1) is 0 Å². The molecule has 2 rings (SSSR count). The maximum absolute atomic E-state index is 10.9. The zero-order valence-corrected chi connectivity index (χ0v) is 9.91. The Morgan fingerprint density at radius 3 is 2.81 bits per heavy atom. The normalized spacial score (nSPS) is 17.8. The molecule has 4 heteroatoms. The molecule has 1 heterocycles. The highest BCUT2D eigenvalue weighted by Gasteiger charge is 2.28. The van der Waals surface area contributed by atoms with Gasteiger partial charge in [-0.05, 0) is 32.0 Å². The van der Waals surface area contributed by atoms with Crippen molar-refractivity contribution in [2.24, 2.45) is 4.99 Å². The van der Waals surface area contributed by atoms with E-state index in [0.717, 1.165) is 6.29 Å². The third-order valence-electron chi connectivity index (χ3n) is 2.34. The van der Waals surface area contributed by atoms with Gasteiger partial charge in [-0.2, -0.15) is 0 Å². The summed E-state index contributed by atoms with van der Waals surface area (Å²) in [6.45, 7) is 4.50. The molecule has 1 aliphatic rings. The minimum atomic E-state index is -0.227. The lowest BCUT2D eigenvalue weighted by Crippen LogP contribution is -2.17. The fraction of sp³-hybridized carbons (Fsp3) is 0.333. The van der Waals surface area contributed by atoms with E-state index in [1.807, 2.05) is 13.8 Å². The van der Waals surface area contributed by atoms with E-state index in [2.05, 4.69) is 4.99 Å². The van der Waals surface area contributed by atoms with E-state index in [9.17, 15) is 4.79 Å². The van der Waals surface area contributed by atoms with Crippen molar-refractivity contribution in [3.63, 3.8) is 0 Å². The molecule has 0 saturated carbocycles. The average molecular weight is 238 g/mol.